The van der Waals surface area contributed by atoms with E-state index in [0.29, 0.717) is 6.04 Å². The molecule has 0 heterocycles. The van der Waals surface area contributed by atoms with E-state index in [0.717, 1.165) is 30.4 Å². The van der Waals surface area contributed by atoms with E-state index in [9.17, 15) is 4.79 Å². The number of nitrogens with zero attached hydrogens (tertiary/aromatic N) is 2. The van der Waals surface area contributed by atoms with Crippen molar-refractivity contribution >= 4 is 47.4 Å². The van der Waals surface area contributed by atoms with Gasteiger partial charge in [-0.05, 0) is 43.4 Å². The molecule has 0 aliphatic heterocycles. The molecule has 0 unspecified atom stereocenters. The number of guanidine groups is 1. The van der Waals surface area contributed by atoms with Crippen LogP contribution < -0.4 is 10.6 Å². The molecule has 150 valence electrons. The highest BCUT2D eigenvalue weighted by Crippen LogP contribution is 2.48. The fraction of sp³-hybridized carbons (Fsp3) is 0.600. The van der Waals surface area contributed by atoms with Crippen molar-refractivity contribution in [3.8, 4) is 0 Å². The molecule has 0 saturated heterocycles. The van der Waals surface area contributed by atoms with Gasteiger partial charge in [-0.1, -0.05) is 36.6 Å². The minimum absolute atomic E-state index is 0. The van der Waals surface area contributed by atoms with Crippen LogP contribution in [0.25, 0.3) is 0 Å². The van der Waals surface area contributed by atoms with Gasteiger partial charge >= 0.3 is 0 Å². The Morgan fingerprint density at radius 3 is 2.59 bits per heavy atom. The Hall–Kier alpha value is -1.02. The van der Waals surface area contributed by atoms with Crippen LogP contribution in [0.1, 0.15) is 44.1 Å². The summed E-state index contributed by atoms with van der Waals surface area (Å²) in [6.45, 7) is 0.973. The molecule has 0 atom stereocenters. The molecule has 1 aromatic carbocycles. The Morgan fingerprint density at radius 1 is 1.30 bits per heavy atom. The zero-order valence-corrected chi connectivity index (χ0v) is 19.2. The van der Waals surface area contributed by atoms with Crippen LogP contribution in [0.2, 0.25) is 5.02 Å². The third kappa shape index (κ3) is 6.24. The third-order valence-electron chi connectivity index (χ3n) is 5.45. The highest BCUT2D eigenvalue weighted by atomic mass is 127. The summed E-state index contributed by atoms with van der Waals surface area (Å²) in [5, 5.41) is 7.78. The molecule has 0 bridgehead atoms. The summed E-state index contributed by atoms with van der Waals surface area (Å²) in [4.78, 5) is 18.0. The summed E-state index contributed by atoms with van der Waals surface area (Å²) in [6.07, 6.45) is 7.15. The third-order valence-corrected chi connectivity index (χ3v) is 5.69. The summed E-state index contributed by atoms with van der Waals surface area (Å²) in [5.74, 6) is 0.758. The highest BCUT2D eigenvalue weighted by Gasteiger charge is 2.44. The fourth-order valence-electron chi connectivity index (χ4n) is 3.49. The monoisotopic (exact) mass is 504 g/mol. The lowest BCUT2D eigenvalue weighted by Crippen LogP contribution is -2.45. The minimum Gasteiger partial charge on any atom is -0.355 e. The normalized spacial score (nSPS) is 18.6. The van der Waals surface area contributed by atoms with E-state index in [4.69, 9.17) is 11.6 Å². The first kappa shape index (κ1) is 22.3. The molecule has 2 saturated carbocycles. The number of likely N-dealkylation sites (N-methyl/N-ethyl adjacent to an activating group) is 1. The maximum atomic E-state index is 11.9. The van der Waals surface area contributed by atoms with Gasteiger partial charge in [0.2, 0.25) is 5.91 Å². The van der Waals surface area contributed by atoms with Crippen molar-refractivity contribution in [1.29, 1.82) is 0 Å². The number of carbonyl (C=O) groups is 1. The molecule has 27 heavy (non-hydrogen) atoms. The van der Waals surface area contributed by atoms with Crippen molar-refractivity contribution in [2.75, 3.05) is 27.2 Å². The molecule has 7 heteroatoms. The summed E-state index contributed by atoms with van der Waals surface area (Å²) in [5.41, 5.74) is 1.41. The van der Waals surface area contributed by atoms with Gasteiger partial charge in [-0.25, -0.2) is 4.99 Å². The van der Waals surface area contributed by atoms with Gasteiger partial charge in [-0.3, -0.25) is 4.79 Å². The summed E-state index contributed by atoms with van der Waals surface area (Å²) < 4.78 is 0. The van der Waals surface area contributed by atoms with Crippen molar-refractivity contribution in [3.63, 3.8) is 0 Å². The van der Waals surface area contributed by atoms with Crippen LogP contribution in [0.4, 0.5) is 0 Å². The number of hydrogen-bond acceptors (Lipinski definition) is 2. The number of amides is 1. The van der Waals surface area contributed by atoms with E-state index in [1.165, 1.54) is 31.2 Å². The average molecular weight is 505 g/mol. The van der Waals surface area contributed by atoms with E-state index in [-0.39, 0.29) is 41.8 Å². The van der Waals surface area contributed by atoms with Gasteiger partial charge in [-0.15, -0.1) is 24.0 Å². The molecule has 5 nitrogen and oxygen atoms in total. The second-order valence-electron chi connectivity index (χ2n) is 7.72. The van der Waals surface area contributed by atoms with E-state index >= 15 is 0 Å². The highest BCUT2D eigenvalue weighted by molar-refractivity contribution is 14.0. The topological polar surface area (TPSA) is 56.7 Å². The standard InChI is InChI=1S/C20H29ClN4O.HI/c1-25(2)18(26)13-22-19(24-17-8-3-4-9-17)23-14-20(10-11-20)15-6-5-7-16(21)12-15;/h5-7,12,17H,3-4,8-11,13-14H2,1-2H3,(H2,22,23,24);1H. The van der Waals surface area contributed by atoms with E-state index in [1.807, 2.05) is 12.1 Å². The van der Waals surface area contributed by atoms with Crippen molar-refractivity contribution in [3.05, 3.63) is 34.9 Å². The lowest BCUT2D eigenvalue weighted by atomic mass is 9.96. The largest absolute Gasteiger partial charge is 0.355 e. The number of halogens is 2. The van der Waals surface area contributed by atoms with Gasteiger partial charge in [0.15, 0.2) is 5.96 Å². The zero-order chi connectivity index (χ0) is 18.6. The predicted octanol–water partition coefficient (Wildman–Crippen LogP) is 3.56. The van der Waals surface area contributed by atoms with Crippen LogP contribution >= 0.6 is 35.6 Å². The molecule has 2 aliphatic carbocycles. The van der Waals surface area contributed by atoms with Crippen LogP contribution in [0.3, 0.4) is 0 Å². The first-order valence-corrected chi connectivity index (χ1v) is 9.87. The molecule has 0 radical (unpaired) electrons. The maximum Gasteiger partial charge on any atom is 0.243 e. The summed E-state index contributed by atoms with van der Waals surface area (Å²) in [7, 11) is 3.52. The fourth-order valence-corrected chi connectivity index (χ4v) is 3.68. The Kier molecular flexibility index (Phi) is 8.21. The first-order chi connectivity index (χ1) is 12.5. The zero-order valence-electron chi connectivity index (χ0n) is 16.1. The van der Waals surface area contributed by atoms with Gasteiger partial charge in [-0.2, -0.15) is 0 Å². The van der Waals surface area contributed by atoms with Gasteiger partial charge in [0, 0.05) is 37.1 Å². The summed E-state index contributed by atoms with van der Waals surface area (Å²) >= 11 is 6.17. The summed E-state index contributed by atoms with van der Waals surface area (Å²) in [6, 6.07) is 8.59. The van der Waals surface area contributed by atoms with Crippen LogP contribution in [0.15, 0.2) is 29.3 Å². The van der Waals surface area contributed by atoms with Gasteiger partial charge < -0.3 is 15.5 Å². The van der Waals surface area contributed by atoms with E-state index in [1.54, 1.807) is 19.0 Å². The number of aliphatic imine (C=N–C) groups is 1. The Balaban J connectivity index is 0.00000261. The average Bonchev–Trinajstić information content (AvgIpc) is 3.24. The first-order valence-electron chi connectivity index (χ1n) is 9.50. The second-order valence-corrected chi connectivity index (χ2v) is 8.16. The number of benzene rings is 1. The number of hydrogen-bond donors (Lipinski definition) is 2. The Labute approximate surface area is 184 Å². The Morgan fingerprint density at radius 2 is 2.00 bits per heavy atom. The lowest BCUT2D eigenvalue weighted by molar-refractivity contribution is -0.127. The van der Waals surface area contributed by atoms with Crippen molar-refractivity contribution in [2.24, 2.45) is 4.99 Å². The smallest absolute Gasteiger partial charge is 0.243 e. The maximum absolute atomic E-state index is 11.9. The number of nitrogens with one attached hydrogen (secondary N) is 2. The molecule has 0 spiro atoms. The predicted molar refractivity (Wildman–Crippen MR) is 122 cm³/mol. The molecule has 1 amide bonds. The number of rotatable bonds is 6. The van der Waals surface area contributed by atoms with E-state index in [2.05, 4.69) is 27.8 Å². The SMILES string of the molecule is CN(C)C(=O)CN=C(NCC1(c2cccc(Cl)c2)CC1)NC1CCCC1.I. The second kappa shape index (κ2) is 9.96. The van der Waals surface area contributed by atoms with Gasteiger partial charge in [0.1, 0.15) is 6.54 Å². The van der Waals surface area contributed by atoms with E-state index < -0.39 is 0 Å². The lowest BCUT2D eigenvalue weighted by Gasteiger charge is -2.22. The van der Waals surface area contributed by atoms with Gasteiger partial charge in [0.05, 0.1) is 0 Å². The molecule has 2 aliphatic rings. The molecule has 2 fully saturated rings. The van der Waals surface area contributed by atoms with Crippen LogP contribution in [-0.2, 0) is 10.2 Å². The molecular formula is C20H30ClIN4O. The molecule has 2 N–H and O–H groups in total. The molecule has 1 aromatic rings. The van der Waals surface area contributed by atoms with Crippen LogP contribution in [0.5, 0.6) is 0 Å². The van der Waals surface area contributed by atoms with Crippen molar-refractivity contribution in [2.45, 2.75) is 50.0 Å². The van der Waals surface area contributed by atoms with Crippen LogP contribution in [-0.4, -0.2) is 50.0 Å². The van der Waals surface area contributed by atoms with Crippen LogP contribution in [0, 0.1) is 0 Å². The Bertz CT molecular complexity index is 670. The molecule has 3 rings (SSSR count). The van der Waals surface area contributed by atoms with Gasteiger partial charge in [0.25, 0.3) is 0 Å². The number of carbonyl (C=O) groups excluding carboxylic acids is 1. The minimum atomic E-state index is 0. The molecule has 0 aromatic heterocycles. The quantitative estimate of drug-likeness (QED) is 0.354. The molecular weight excluding hydrogens is 475 g/mol. The van der Waals surface area contributed by atoms with Crippen molar-refractivity contribution in [1.82, 2.24) is 15.5 Å². The van der Waals surface area contributed by atoms with Crippen molar-refractivity contribution < 1.29 is 4.79 Å².